The summed E-state index contributed by atoms with van der Waals surface area (Å²) in [5, 5.41) is 14.2. The number of aromatic nitrogens is 4. The van der Waals surface area contributed by atoms with Crippen molar-refractivity contribution in [2.45, 2.75) is 13.0 Å². The van der Waals surface area contributed by atoms with Gasteiger partial charge in [-0.25, -0.2) is 14.2 Å². The molecule has 0 aliphatic carbocycles. The molecule has 2 aromatic carbocycles. The van der Waals surface area contributed by atoms with Gasteiger partial charge >= 0.3 is 5.97 Å². The largest absolute Gasteiger partial charge is 0.480 e. The molecule has 4 rings (SSSR count). The van der Waals surface area contributed by atoms with Gasteiger partial charge in [-0.1, -0.05) is 12.1 Å². The summed E-state index contributed by atoms with van der Waals surface area (Å²) < 4.78 is 14.9. The molecule has 0 saturated carbocycles. The Labute approximate surface area is 141 Å². The van der Waals surface area contributed by atoms with Crippen LogP contribution in [0, 0.1) is 5.82 Å². The molecule has 1 atom stereocenters. The van der Waals surface area contributed by atoms with Gasteiger partial charge in [0, 0.05) is 10.9 Å². The summed E-state index contributed by atoms with van der Waals surface area (Å²) >= 11 is 0. The molecule has 0 radical (unpaired) electrons. The van der Waals surface area contributed by atoms with E-state index in [1.54, 1.807) is 37.5 Å². The van der Waals surface area contributed by atoms with Gasteiger partial charge in [0.1, 0.15) is 11.9 Å². The summed E-state index contributed by atoms with van der Waals surface area (Å²) in [7, 11) is 0. The van der Waals surface area contributed by atoms with Crippen LogP contribution in [0.3, 0.4) is 0 Å². The molecule has 6 nitrogen and oxygen atoms in total. The Kier molecular flexibility index (Phi) is 3.42. The number of aliphatic carboxylic acids is 1. The Balaban J connectivity index is 1.90. The van der Waals surface area contributed by atoms with Crippen LogP contribution in [0.5, 0.6) is 0 Å². The third-order valence-electron chi connectivity index (χ3n) is 4.10. The fraction of sp³-hybridized carbons (Fsp3) is 0.111. The second kappa shape index (κ2) is 5.62. The van der Waals surface area contributed by atoms with Crippen LogP contribution in [0.1, 0.15) is 13.0 Å². The first-order valence-corrected chi connectivity index (χ1v) is 7.66. The van der Waals surface area contributed by atoms with E-state index < -0.39 is 12.0 Å². The van der Waals surface area contributed by atoms with Crippen molar-refractivity contribution in [3.63, 3.8) is 0 Å². The molecule has 1 N–H and O–H groups in total. The molecule has 0 spiro atoms. The van der Waals surface area contributed by atoms with Crippen LogP contribution < -0.4 is 0 Å². The number of carboxylic acids is 1. The van der Waals surface area contributed by atoms with Crippen LogP contribution in [0.4, 0.5) is 4.39 Å². The van der Waals surface area contributed by atoms with Gasteiger partial charge in [-0.05, 0) is 31.2 Å². The topological polar surface area (TPSA) is 80.9 Å². The highest BCUT2D eigenvalue weighted by molar-refractivity contribution is 5.94. The molecule has 0 aliphatic heterocycles. The summed E-state index contributed by atoms with van der Waals surface area (Å²) in [6.45, 7) is 1.56. The predicted octanol–water partition coefficient (Wildman–Crippen LogP) is 3.43. The summed E-state index contributed by atoms with van der Waals surface area (Å²) in [4.78, 5) is 20.2. The number of hydrogen-bond donors (Lipinski definition) is 1. The lowest BCUT2D eigenvalue weighted by Crippen LogP contribution is -2.16. The minimum Gasteiger partial charge on any atom is -0.480 e. The fourth-order valence-corrected chi connectivity index (χ4v) is 2.75. The summed E-state index contributed by atoms with van der Waals surface area (Å²) in [6.07, 6.45) is 3.20. The van der Waals surface area contributed by atoms with E-state index in [9.17, 15) is 14.3 Å². The van der Waals surface area contributed by atoms with Gasteiger partial charge < -0.3 is 5.11 Å². The minimum atomic E-state index is -0.968. The van der Waals surface area contributed by atoms with E-state index in [0.717, 1.165) is 5.39 Å². The number of fused-ring (bicyclic) bond motifs is 2. The summed E-state index contributed by atoms with van der Waals surface area (Å²) in [5.41, 5.74) is 3.09. The average Bonchev–Trinajstić information content (AvgIpc) is 3.01. The Hall–Kier alpha value is -3.35. The van der Waals surface area contributed by atoms with Gasteiger partial charge in [0.05, 0.1) is 34.6 Å². The lowest BCUT2D eigenvalue weighted by molar-refractivity contribution is -0.140. The normalized spacial score (nSPS) is 12.6. The molecule has 0 saturated heterocycles. The summed E-state index contributed by atoms with van der Waals surface area (Å²) in [5.74, 6) is -1.31. The van der Waals surface area contributed by atoms with E-state index in [1.807, 2.05) is 6.07 Å². The van der Waals surface area contributed by atoms with Crippen LogP contribution in [0.15, 0.2) is 48.8 Å². The zero-order valence-corrected chi connectivity index (χ0v) is 13.2. The Morgan fingerprint density at radius 1 is 1.20 bits per heavy atom. The molecular formula is C18H13FN4O2. The maximum Gasteiger partial charge on any atom is 0.328 e. The molecular weight excluding hydrogens is 323 g/mol. The van der Waals surface area contributed by atoms with E-state index in [1.165, 1.54) is 16.8 Å². The van der Waals surface area contributed by atoms with Crippen molar-refractivity contribution in [1.29, 1.82) is 0 Å². The lowest BCUT2D eigenvalue weighted by atomic mass is 10.1. The van der Waals surface area contributed by atoms with Gasteiger partial charge in [-0.2, -0.15) is 5.10 Å². The van der Waals surface area contributed by atoms with Crippen LogP contribution in [-0.2, 0) is 4.79 Å². The van der Waals surface area contributed by atoms with Crippen LogP contribution >= 0.6 is 0 Å². The standard InChI is InChI=1S/C18H13FN4O2/c1-10(18(24)25)23-17-7-15-14(6-12(17)8-21-23)20-9-16(22-15)11-3-2-4-13(19)5-11/h2-10H,1H3,(H,24,25). The van der Waals surface area contributed by atoms with Crippen molar-refractivity contribution in [2.75, 3.05) is 0 Å². The number of halogens is 1. The molecule has 0 aliphatic rings. The predicted molar refractivity (Wildman–Crippen MR) is 90.6 cm³/mol. The second-order valence-electron chi connectivity index (χ2n) is 5.77. The fourth-order valence-electron chi connectivity index (χ4n) is 2.75. The first-order valence-electron chi connectivity index (χ1n) is 7.66. The number of hydrogen-bond acceptors (Lipinski definition) is 4. The maximum absolute atomic E-state index is 13.4. The zero-order chi connectivity index (χ0) is 17.6. The van der Waals surface area contributed by atoms with Crippen molar-refractivity contribution in [2.24, 2.45) is 0 Å². The highest BCUT2D eigenvalue weighted by atomic mass is 19.1. The molecule has 4 aromatic rings. The van der Waals surface area contributed by atoms with Crippen LogP contribution in [0.25, 0.3) is 33.2 Å². The van der Waals surface area contributed by atoms with Crippen LogP contribution in [-0.4, -0.2) is 30.8 Å². The molecule has 2 aromatic heterocycles. The third-order valence-corrected chi connectivity index (χ3v) is 4.10. The Bertz CT molecular complexity index is 1120. The van der Waals surface area contributed by atoms with Gasteiger partial charge in [-0.15, -0.1) is 0 Å². The van der Waals surface area contributed by atoms with Crippen molar-refractivity contribution in [3.8, 4) is 11.3 Å². The summed E-state index contributed by atoms with van der Waals surface area (Å²) in [6, 6.07) is 8.91. The van der Waals surface area contributed by atoms with Crippen LogP contribution in [0.2, 0.25) is 0 Å². The zero-order valence-electron chi connectivity index (χ0n) is 13.2. The first kappa shape index (κ1) is 15.2. The Morgan fingerprint density at radius 3 is 2.80 bits per heavy atom. The highest BCUT2D eigenvalue weighted by Crippen LogP contribution is 2.25. The van der Waals surface area contributed by atoms with E-state index in [4.69, 9.17) is 0 Å². The van der Waals surface area contributed by atoms with E-state index in [-0.39, 0.29) is 5.82 Å². The SMILES string of the molecule is CC(C(=O)O)n1ncc2cc3ncc(-c4cccc(F)c4)nc3cc21. The van der Waals surface area contributed by atoms with Gasteiger partial charge in [0.2, 0.25) is 0 Å². The number of carbonyl (C=O) groups is 1. The second-order valence-corrected chi connectivity index (χ2v) is 5.77. The van der Waals surface area contributed by atoms with E-state index in [0.29, 0.717) is 27.8 Å². The van der Waals surface area contributed by atoms with E-state index in [2.05, 4.69) is 15.1 Å². The van der Waals surface area contributed by atoms with Gasteiger partial charge in [0.15, 0.2) is 0 Å². The number of rotatable bonds is 3. The molecule has 0 amide bonds. The third kappa shape index (κ3) is 2.59. The van der Waals surface area contributed by atoms with Crippen molar-refractivity contribution in [3.05, 3.63) is 54.6 Å². The first-order chi connectivity index (χ1) is 12.0. The molecule has 25 heavy (non-hydrogen) atoms. The van der Waals surface area contributed by atoms with Crippen molar-refractivity contribution >= 4 is 27.9 Å². The number of nitrogens with zero attached hydrogens (tertiary/aromatic N) is 4. The van der Waals surface area contributed by atoms with Gasteiger partial charge in [0.25, 0.3) is 0 Å². The smallest absolute Gasteiger partial charge is 0.328 e. The molecule has 1 unspecified atom stereocenters. The van der Waals surface area contributed by atoms with E-state index >= 15 is 0 Å². The maximum atomic E-state index is 13.4. The lowest BCUT2D eigenvalue weighted by Gasteiger charge is -2.09. The number of benzene rings is 2. The van der Waals surface area contributed by atoms with Crippen molar-refractivity contribution in [1.82, 2.24) is 19.7 Å². The molecule has 7 heteroatoms. The van der Waals surface area contributed by atoms with Gasteiger partial charge in [-0.3, -0.25) is 9.67 Å². The van der Waals surface area contributed by atoms with Crippen molar-refractivity contribution < 1.29 is 14.3 Å². The highest BCUT2D eigenvalue weighted by Gasteiger charge is 2.17. The molecule has 2 heterocycles. The molecule has 124 valence electrons. The minimum absolute atomic E-state index is 0.344. The molecule has 0 fully saturated rings. The quantitative estimate of drug-likeness (QED) is 0.620. The average molecular weight is 336 g/mol. The monoisotopic (exact) mass is 336 g/mol. The molecule has 0 bridgehead atoms. The Morgan fingerprint density at radius 2 is 2.04 bits per heavy atom. The number of carboxylic acid groups (broad SMARTS) is 1.